The van der Waals surface area contributed by atoms with E-state index in [0.29, 0.717) is 10.9 Å². The third-order valence-electron chi connectivity index (χ3n) is 3.50. The van der Waals surface area contributed by atoms with E-state index < -0.39 is 11.9 Å². The minimum absolute atomic E-state index is 0.124. The average Bonchev–Trinajstić information content (AvgIpc) is 2.51. The van der Waals surface area contributed by atoms with Gasteiger partial charge >= 0.3 is 6.18 Å². The Hall–Kier alpha value is -2.44. The molecule has 2 aromatic heterocycles. The maximum Gasteiger partial charge on any atom is 0.434 e. The van der Waals surface area contributed by atoms with E-state index in [1.54, 1.807) is 38.1 Å². The SMILES string of the molecule is COc1nc2ccccc2c2nc(C(C)C)nc(C(F)(F)F)c12. The number of rotatable bonds is 2. The van der Waals surface area contributed by atoms with Crippen LogP contribution in [0, 0.1) is 0 Å². The Balaban J connectivity index is 2.57. The van der Waals surface area contributed by atoms with Crippen molar-refractivity contribution in [3.05, 3.63) is 35.8 Å². The number of alkyl halides is 3. The van der Waals surface area contributed by atoms with Crippen LogP contribution in [0.25, 0.3) is 21.8 Å². The first-order chi connectivity index (χ1) is 10.8. The van der Waals surface area contributed by atoms with Crippen LogP contribution in [0.2, 0.25) is 0 Å². The van der Waals surface area contributed by atoms with E-state index in [4.69, 9.17) is 4.74 Å². The van der Waals surface area contributed by atoms with Crippen molar-refractivity contribution >= 4 is 21.8 Å². The summed E-state index contributed by atoms with van der Waals surface area (Å²) in [4.78, 5) is 12.3. The molecule has 7 heteroatoms. The van der Waals surface area contributed by atoms with Gasteiger partial charge in [-0.3, -0.25) is 0 Å². The van der Waals surface area contributed by atoms with Gasteiger partial charge in [0.05, 0.1) is 23.5 Å². The molecule has 0 atom stereocenters. The van der Waals surface area contributed by atoms with E-state index in [2.05, 4.69) is 15.0 Å². The Kier molecular flexibility index (Phi) is 3.58. The van der Waals surface area contributed by atoms with Gasteiger partial charge in [-0.05, 0) is 6.07 Å². The van der Waals surface area contributed by atoms with Crippen molar-refractivity contribution in [1.29, 1.82) is 0 Å². The van der Waals surface area contributed by atoms with Gasteiger partial charge in [-0.1, -0.05) is 32.0 Å². The van der Waals surface area contributed by atoms with E-state index in [1.807, 2.05) is 0 Å². The molecular formula is C16H14F3N3O. The quantitative estimate of drug-likeness (QED) is 0.659. The smallest absolute Gasteiger partial charge is 0.434 e. The van der Waals surface area contributed by atoms with Crippen molar-refractivity contribution in [2.45, 2.75) is 25.9 Å². The summed E-state index contributed by atoms with van der Waals surface area (Å²) in [6.07, 6.45) is -4.62. The number of pyridine rings is 1. The number of hydrogen-bond donors (Lipinski definition) is 0. The van der Waals surface area contributed by atoms with Gasteiger partial charge in [0.15, 0.2) is 5.69 Å². The highest BCUT2D eigenvalue weighted by molar-refractivity contribution is 6.06. The molecule has 0 N–H and O–H groups in total. The third-order valence-corrected chi connectivity index (χ3v) is 3.50. The van der Waals surface area contributed by atoms with Crippen molar-refractivity contribution in [2.75, 3.05) is 7.11 Å². The lowest BCUT2D eigenvalue weighted by molar-refractivity contribution is -0.140. The van der Waals surface area contributed by atoms with Crippen molar-refractivity contribution in [3.8, 4) is 5.88 Å². The highest BCUT2D eigenvalue weighted by atomic mass is 19.4. The van der Waals surface area contributed by atoms with Crippen molar-refractivity contribution in [3.63, 3.8) is 0 Å². The normalized spacial score (nSPS) is 12.3. The molecule has 3 rings (SSSR count). The first-order valence-electron chi connectivity index (χ1n) is 7.04. The molecule has 0 aliphatic heterocycles. The lowest BCUT2D eigenvalue weighted by atomic mass is 10.1. The van der Waals surface area contributed by atoms with Gasteiger partial charge in [0.25, 0.3) is 0 Å². The number of para-hydroxylation sites is 1. The maximum atomic E-state index is 13.5. The number of methoxy groups -OCH3 is 1. The Morgan fingerprint density at radius 1 is 1.04 bits per heavy atom. The maximum absolute atomic E-state index is 13.5. The van der Waals surface area contributed by atoms with Crippen LogP contribution in [0.4, 0.5) is 13.2 Å². The zero-order chi connectivity index (χ0) is 16.8. The molecule has 0 spiro atoms. The highest BCUT2D eigenvalue weighted by Gasteiger charge is 2.38. The summed E-state index contributed by atoms with van der Waals surface area (Å²) < 4.78 is 45.6. The molecule has 0 bridgehead atoms. The number of halogens is 3. The topological polar surface area (TPSA) is 47.9 Å². The minimum atomic E-state index is -4.62. The monoisotopic (exact) mass is 321 g/mol. The summed E-state index contributed by atoms with van der Waals surface area (Å²) in [5.74, 6) is -0.219. The van der Waals surface area contributed by atoms with Gasteiger partial charge in [0, 0.05) is 11.3 Å². The Labute approximate surface area is 130 Å². The molecule has 0 unspecified atom stereocenters. The largest absolute Gasteiger partial charge is 0.480 e. The fourth-order valence-corrected chi connectivity index (χ4v) is 2.42. The molecule has 0 saturated carbocycles. The summed E-state index contributed by atoms with van der Waals surface area (Å²) >= 11 is 0. The van der Waals surface area contributed by atoms with Gasteiger partial charge in [-0.2, -0.15) is 13.2 Å². The number of hydrogen-bond acceptors (Lipinski definition) is 4. The molecule has 0 radical (unpaired) electrons. The molecule has 1 aromatic carbocycles. The van der Waals surface area contributed by atoms with Gasteiger partial charge in [-0.25, -0.2) is 15.0 Å². The van der Waals surface area contributed by atoms with Gasteiger partial charge < -0.3 is 4.74 Å². The number of fused-ring (bicyclic) bond motifs is 3. The molecule has 2 heterocycles. The highest BCUT2D eigenvalue weighted by Crippen LogP contribution is 2.39. The second-order valence-corrected chi connectivity index (χ2v) is 5.44. The third kappa shape index (κ3) is 2.56. The molecule has 23 heavy (non-hydrogen) atoms. The van der Waals surface area contributed by atoms with Crippen LogP contribution in [-0.2, 0) is 6.18 Å². The second kappa shape index (κ2) is 5.33. The first kappa shape index (κ1) is 15.5. The van der Waals surface area contributed by atoms with E-state index >= 15 is 0 Å². The van der Waals surface area contributed by atoms with Crippen molar-refractivity contribution in [1.82, 2.24) is 15.0 Å². The van der Waals surface area contributed by atoms with E-state index in [-0.39, 0.29) is 28.5 Å². The molecular weight excluding hydrogens is 307 g/mol. The van der Waals surface area contributed by atoms with Gasteiger partial charge in [0.2, 0.25) is 5.88 Å². The summed E-state index contributed by atoms with van der Waals surface area (Å²) in [6.45, 7) is 3.50. The zero-order valence-electron chi connectivity index (χ0n) is 12.8. The summed E-state index contributed by atoms with van der Waals surface area (Å²) in [7, 11) is 1.28. The molecule has 4 nitrogen and oxygen atoms in total. The van der Waals surface area contributed by atoms with Crippen LogP contribution in [0.1, 0.15) is 31.3 Å². The Morgan fingerprint density at radius 2 is 1.74 bits per heavy atom. The van der Waals surface area contributed by atoms with E-state index in [9.17, 15) is 13.2 Å². The van der Waals surface area contributed by atoms with Crippen molar-refractivity contribution in [2.24, 2.45) is 0 Å². The summed E-state index contributed by atoms with van der Waals surface area (Å²) in [6, 6.07) is 6.90. The molecule has 3 aromatic rings. The number of ether oxygens (including phenoxy) is 1. The lowest BCUT2D eigenvalue weighted by Crippen LogP contribution is -2.14. The van der Waals surface area contributed by atoms with Crippen LogP contribution in [0.5, 0.6) is 5.88 Å². The van der Waals surface area contributed by atoms with Crippen LogP contribution in [0.15, 0.2) is 24.3 Å². The predicted molar refractivity (Wildman–Crippen MR) is 80.5 cm³/mol. The van der Waals surface area contributed by atoms with Crippen LogP contribution >= 0.6 is 0 Å². The molecule has 0 aliphatic carbocycles. The van der Waals surface area contributed by atoms with Gasteiger partial charge in [0.1, 0.15) is 5.82 Å². The molecule has 120 valence electrons. The van der Waals surface area contributed by atoms with Crippen LogP contribution in [-0.4, -0.2) is 22.1 Å². The fraction of sp³-hybridized carbons (Fsp3) is 0.312. The standard InChI is InChI=1S/C16H14F3N3O/c1-8(2)14-21-12-9-6-4-5-7-10(9)20-15(23-3)11(12)13(22-14)16(17,18)19/h4-8H,1-3H3. The molecule has 0 aliphatic rings. The van der Waals surface area contributed by atoms with Crippen molar-refractivity contribution < 1.29 is 17.9 Å². The number of aromatic nitrogens is 3. The second-order valence-electron chi connectivity index (χ2n) is 5.44. The van der Waals surface area contributed by atoms with Crippen LogP contribution < -0.4 is 4.74 Å². The average molecular weight is 321 g/mol. The Bertz CT molecular complexity index is 891. The predicted octanol–water partition coefficient (Wildman–Crippen LogP) is 4.33. The molecule has 0 amide bonds. The molecule has 0 fully saturated rings. The first-order valence-corrected chi connectivity index (χ1v) is 7.04. The summed E-state index contributed by atoms with van der Waals surface area (Å²) in [5, 5.41) is 0.334. The number of nitrogens with zero attached hydrogens (tertiary/aromatic N) is 3. The number of benzene rings is 1. The fourth-order valence-electron chi connectivity index (χ4n) is 2.42. The Morgan fingerprint density at radius 3 is 2.35 bits per heavy atom. The summed E-state index contributed by atoms with van der Waals surface area (Å²) in [5.41, 5.74) is -0.279. The minimum Gasteiger partial charge on any atom is -0.480 e. The van der Waals surface area contributed by atoms with Gasteiger partial charge in [-0.15, -0.1) is 0 Å². The van der Waals surface area contributed by atoms with Crippen LogP contribution in [0.3, 0.4) is 0 Å². The lowest BCUT2D eigenvalue weighted by Gasteiger charge is -2.16. The van der Waals surface area contributed by atoms with E-state index in [0.717, 1.165) is 0 Å². The zero-order valence-corrected chi connectivity index (χ0v) is 12.8. The molecule has 0 saturated heterocycles. The van der Waals surface area contributed by atoms with E-state index in [1.165, 1.54) is 7.11 Å².